The molecule has 2 N–H and O–H groups in total. The van der Waals surface area contributed by atoms with Gasteiger partial charge in [-0.05, 0) is 60.5 Å². The van der Waals surface area contributed by atoms with E-state index in [2.05, 4.69) is 32.6 Å². The molecule has 0 heterocycles. The van der Waals surface area contributed by atoms with E-state index < -0.39 is 11.9 Å². The smallest absolute Gasteiger partial charge is 0.243 e. The molecule has 3 rings (SSSR count). The van der Waals surface area contributed by atoms with Crippen LogP contribution in [-0.2, 0) is 9.63 Å². The number of amides is 1. The summed E-state index contributed by atoms with van der Waals surface area (Å²) in [5.74, 6) is -1.18. The number of nitrogens with zero attached hydrogens (tertiary/aromatic N) is 1. The normalized spacial score (nSPS) is 35.4. The van der Waals surface area contributed by atoms with Crippen molar-refractivity contribution in [2.24, 2.45) is 17.3 Å². The van der Waals surface area contributed by atoms with Crippen LogP contribution in [0.25, 0.3) is 0 Å². The van der Waals surface area contributed by atoms with E-state index in [4.69, 9.17) is 4.84 Å². The van der Waals surface area contributed by atoms with Crippen molar-refractivity contribution in [2.45, 2.75) is 91.5 Å². The predicted octanol–water partition coefficient (Wildman–Crippen LogP) is 5.22. The van der Waals surface area contributed by atoms with Crippen molar-refractivity contribution < 1.29 is 19.8 Å². The number of carbonyl (C=O) groups excluding carboxylic acids is 1. The molecule has 5 heteroatoms. The number of hydrogen-bond donors (Lipinski definition) is 2. The van der Waals surface area contributed by atoms with Gasteiger partial charge in [0.1, 0.15) is 0 Å². The van der Waals surface area contributed by atoms with Gasteiger partial charge < -0.3 is 10.2 Å². The van der Waals surface area contributed by atoms with Crippen molar-refractivity contribution in [3.8, 4) is 0 Å². The van der Waals surface area contributed by atoms with Gasteiger partial charge in [0.05, 0.1) is 12.6 Å². The van der Waals surface area contributed by atoms with Gasteiger partial charge in [0.15, 0.2) is 5.79 Å². The highest BCUT2D eigenvalue weighted by molar-refractivity contribution is 5.72. The topological polar surface area (TPSA) is 70.0 Å². The molecule has 0 aromatic heterocycles. The molecule has 2 saturated carbocycles. The first-order valence-corrected chi connectivity index (χ1v) is 12.1. The van der Waals surface area contributed by atoms with E-state index in [1.807, 2.05) is 19.9 Å². The van der Waals surface area contributed by atoms with Crippen LogP contribution in [0, 0.1) is 17.3 Å². The summed E-state index contributed by atoms with van der Waals surface area (Å²) in [5, 5.41) is 23.0. The summed E-state index contributed by atoms with van der Waals surface area (Å²) in [6, 6.07) is 0. The zero-order chi connectivity index (χ0) is 23.7. The highest BCUT2D eigenvalue weighted by Crippen LogP contribution is 2.55. The first-order valence-electron chi connectivity index (χ1n) is 12.1. The molecule has 0 spiro atoms. The van der Waals surface area contributed by atoms with Crippen LogP contribution in [0.4, 0.5) is 0 Å². The second kappa shape index (κ2) is 9.66. The molecule has 3 aliphatic carbocycles. The van der Waals surface area contributed by atoms with Crippen molar-refractivity contribution in [1.29, 1.82) is 0 Å². The average Bonchev–Trinajstić information content (AvgIpc) is 3.05. The number of hydroxylamine groups is 2. The number of fused-ring (bicyclic) bond motifs is 1. The van der Waals surface area contributed by atoms with Crippen molar-refractivity contribution in [1.82, 2.24) is 5.06 Å². The standard InChI is InChI=1S/C27H41NO4/c1-7-23-12-13-24-21(9-8-14-26(23,24)6)10-11-22-15-27(31,16-25(30)19(22)4)32-28(20(5)29)17-18(2)3/h10-12,18,24-25,30-31H,4,7-9,13-17H2,1-3,5-6H3/t24-,25-,26+,27-/m0/s1. The number of aliphatic hydroxyl groups is 2. The van der Waals surface area contributed by atoms with E-state index in [-0.39, 0.29) is 30.1 Å². The second-order valence-electron chi connectivity index (χ2n) is 10.5. The van der Waals surface area contributed by atoms with E-state index in [9.17, 15) is 15.0 Å². The fourth-order valence-corrected chi connectivity index (χ4v) is 5.79. The zero-order valence-corrected chi connectivity index (χ0v) is 20.5. The zero-order valence-electron chi connectivity index (χ0n) is 20.5. The fourth-order valence-electron chi connectivity index (χ4n) is 5.79. The lowest BCUT2D eigenvalue weighted by Crippen LogP contribution is -2.48. The largest absolute Gasteiger partial charge is 0.388 e. The molecule has 0 unspecified atom stereocenters. The van der Waals surface area contributed by atoms with Crippen molar-refractivity contribution in [2.75, 3.05) is 6.54 Å². The van der Waals surface area contributed by atoms with Crippen LogP contribution in [0.15, 0.2) is 47.1 Å². The van der Waals surface area contributed by atoms with Crippen LogP contribution in [0.3, 0.4) is 0 Å². The number of hydrogen-bond acceptors (Lipinski definition) is 4. The van der Waals surface area contributed by atoms with Gasteiger partial charge in [0, 0.05) is 19.8 Å². The number of carbonyl (C=O) groups is 1. The molecule has 0 saturated heterocycles. The Morgan fingerprint density at radius 1 is 1.41 bits per heavy atom. The lowest BCUT2D eigenvalue weighted by atomic mass is 9.64. The maximum atomic E-state index is 12.0. The quantitative estimate of drug-likeness (QED) is 0.335. The second-order valence-corrected chi connectivity index (χ2v) is 10.5. The summed E-state index contributed by atoms with van der Waals surface area (Å²) in [6.45, 7) is 14.5. The van der Waals surface area contributed by atoms with Gasteiger partial charge in [-0.3, -0.25) is 4.79 Å². The Hall–Kier alpha value is -1.69. The van der Waals surface area contributed by atoms with E-state index in [1.165, 1.54) is 30.4 Å². The van der Waals surface area contributed by atoms with Gasteiger partial charge in [-0.1, -0.05) is 63.6 Å². The SMILES string of the molecule is C=C1C(=CC=C2CCC[C@]3(C)C(CC)=CC[C@@H]23)C[C@](O)(ON(CC(C)C)C(C)=O)C[C@@H]1O. The number of rotatable bonds is 6. The van der Waals surface area contributed by atoms with Gasteiger partial charge in [-0.2, -0.15) is 0 Å². The molecule has 3 aliphatic rings. The average molecular weight is 444 g/mol. The minimum absolute atomic E-state index is 0.00784. The Labute approximate surface area is 193 Å². The molecule has 32 heavy (non-hydrogen) atoms. The molecule has 5 nitrogen and oxygen atoms in total. The lowest BCUT2D eigenvalue weighted by molar-refractivity contribution is -0.326. The van der Waals surface area contributed by atoms with E-state index in [0.717, 1.165) is 24.8 Å². The van der Waals surface area contributed by atoms with Crippen LogP contribution in [0.5, 0.6) is 0 Å². The summed E-state index contributed by atoms with van der Waals surface area (Å²) >= 11 is 0. The summed E-state index contributed by atoms with van der Waals surface area (Å²) in [6.07, 6.45) is 11.6. The van der Waals surface area contributed by atoms with E-state index >= 15 is 0 Å². The highest BCUT2D eigenvalue weighted by atomic mass is 16.8. The van der Waals surface area contributed by atoms with E-state index in [1.54, 1.807) is 5.57 Å². The third-order valence-electron chi connectivity index (χ3n) is 7.55. The van der Waals surface area contributed by atoms with Crippen molar-refractivity contribution >= 4 is 5.91 Å². The first kappa shape index (κ1) is 24.9. The molecule has 0 aromatic carbocycles. The minimum atomic E-state index is -1.64. The van der Waals surface area contributed by atoms with Gasteiger partial charge in [0.2, 0.25) is 5.91 Å². The summed E-state index contributed by atoms with van der Waals surface area (Å²) in [5.41, 5.74) is 4.67. The molecular weight excluding hydrogens is 402 g/mol. The summed E-state index contributed by atoms with van der Waals surface area (Å²) in [4.78, 5) is 17.8. The Kier molecular flexibility index (Phi) is 7.53. The Balaban J connectivity index is 1.82. The molecule has 0 bridgehead atoms. The molecule has 0 radical (unpaired) electrons. The first-order chi connectivity index (χ1) is 15.0. The molecule has 178 valence electrons. The summed E-state index contributed by atoms with van der Waals surface area (Å²) < 4.78 is 0. The monoisotopic (exact) mass is 443 g/mol. The number of aliphatic hydroxyl groups excluding tert-OH is 1. The van der Waals surface area contributed by atoms with Crippen LogP contribution in [0.1, 0.15) is 79.6 Å². The molecule has 4 atom stereocenters. The maximum Gasteiger partial charge on any atom is 0.243 e. The molecule has 0 aromatic rings. The van der Waals surface area contributed by atoms with Crippen molar-refractivity contribution in [3.05, 3.63) is 47.1 Å². The Bertz CT molecular complexity index is 839. The van der Waals surface area contributed by atoms with Gasteiger partial charge >= 0.3 is 0 Å². The number of allylic oxidation sites excluding steroid dienone is 5. The molecular formula is C27H41NO4. The minimum Gasteiger partial charge on any atom is -0.388 e. The Morgan fingerprint density at radius 2 is 2.12 bits per heavy atom. The molecule has 0 aliphatic heterocycles. The summed E-state index contributed by atoms with van der Waals surface area (Å²) in [7, 11) is 0. The van der Waals surface area contributed by atoms with Gasteiger partial charge in [-0.15, -0.1) is 0 Å². The van der Waals surface area contributed by atoms with Crippen LogP contribution in [0.2, 0.25) is 0 Å². The van der Waals surface area contributed by atoms with E-state index in [0.29, 0.717) is 18.0 Å². The fraction of sp³-hybridized carbons (Fsp3) is 0.667. The Morgan fingerprint density at radius 3 is 2.75 bits per heavy atom. The maximum absolute atomic E-state index is 12.0. The molecule has 1 amide bonds. The van der Waals surface area contributed by atoms with Crippen LogP contribution in [-0.4, -0.2) is 39.6 Å². The highest BCUT2D eigenvalue weighted by Gasteiger charge is 2.44. The third-order valence-corrected chi connectivity index (χ3v) is 7.55. The lowest BCUT2D eigenvalue weighted by Gasteiger charge is -2.41. The van der Waals surface area contributed by atoms with Gasteiger partial charge in [0.25, 0.3) is 0 Å². The third kappa shape index (κ3) is 5.11. The van der Waals surface area contributed by atoms with Gasteiger partial charge in [-0.25, -0.2) is 9.90 Å². The predicted molar refractivity (Wildman–Crippen MR) is 127 cm³/mol. The van der Waals surface area contributed by atoms with Crippen molar-refractivity contribution in [3.63, 3.8) is 0 Å². The van der Waals surface area contributed by atoms with Crippen LogP contribution >= 0.6 is 0 Å². The molecule has 2 fully saturated rings. The van der Waals surface area contributed by atoms with Crippen LogP contribution < -0.4 is 0 Å².